The fraction of sp³-hybridized carbons (Fsp3) is 0.200. The van der Waals surface area contributed by atoms with E-state index in [-0.39, 0.29) is 10.6 Å². The van der Waals surface area contributed by atoms with Crippen LogP contribution in [0.1, 0.15) is 21.5 Å². The van der Waals surface area contributed by atoms with Crippen molar-refractivity contribution in [1.29, 1.82) is 0 Å². The Morgan fingerprint density at radius 3 is 2.53 bits per heavy atom. The molecule has 0 radical (unpaired) electrons. The normalized spacial score (nSPS) is 12.3. The van der Waals surface area contributed by atoms with Crippen molar-refractivity contribution in [2.75, 3.05) is 7.11 Å². The molecule has 100 valence electrons. The maximum atomic E-state index is 13.2. The van der Waals surface area contributed by atoms with Gasteiger partial charge in [-0.3, -0.25) is 0 Å². The molecular weight excluding hydrogens is 331 g/mol. The number of hydrogen-bond donors (Lipinski definition) is 0. The summed E-state index contributed by atoms with van der Waals surface area (Å²) in [5, 5.41) is 0.639. The smallest absolute Gasteiger partial charge is 0.123 e. The zero-order valence-corrected chi connectivity index (χ0v) is 12.9. The molecule has 1 atom stereocenters. The molecule has 2 aromatic carbocycles. The molecule has 0 spiro atoms. The summed E-state index contributed by atoms with van der Waals surface area (Å²) in [4.78, 5) is -0.0956. The van der Waals surface area contributed by atoms with Crippen molar-refractivity contribution in [3.8, 4) is 5.75 Å². The number of halogens is 3. The van der Waals surface area contributed by atoms with Crippen molar-refractivity contribution in [3.63, 3.8) is 0 Å². The molecule has 0 amide bonds. The highest BCUT2D eigenvalue weighted by Crippen LogP contribution is 2.39. The van der Waals surface area contributed by atoms with E-state index in [0.717, 1.165) is 22.4 Å². The Hall–Kier alpha value is -1.06. The summed E-state index contributed by atoms with van der Waals surface area (Å²) in [6.07, 6.45) is 0. The molecule has 0 saturated carbocycles. The lowest BCUT2D eigenvalue weighted by Gasteiger charge is -2.17. The second kappa shape index (κ2) is 5.93. The molecule has 0 aliphatic rings. The quantitative estimate of drug-likeness (QED) is 0.689. The highest BCUT2D eigenvalue weighted by atomic mass is 79.9. The van der Waals surface area contributed by atoms with Gasteiger partial charge in [0.2, 0.25) is 0 Å². The van der Waals surface area contributed by atoms with Crippen LogP contribution in [0.25, 0.3) is 0 Å². The van der Waals surface area contributed by atoms with Crippen molar-refractivity contribution in [2.24, 2.45) is 0 Å². The predicted octanol–water partition coefficient (Wildman–Crippen LogP) is 5.28. The maximum Gasteiger partial charge on any atom is 0.123 e. The Bertz CT molecular complexity index is 601. The molecule has 0 heterocycles. The van der Waals surface area contributed by atoms with Crippen LogP contribution >= 0.6 is 27.5 Å². The molecule has 0 N–H and O–H groups in total. The van der Waals surface area contributed by atoms with Crippen molar-refractivity contribution >= 4 is 27.5 Å². The van der Waals surface area contributed by atoms with Crippen LogP contribution in [-0.4, -0.2) is 7.11 Å². The third kappa shape index (κ3) is 3.10. The van der Waals surface area contributed by atoms with Gasteiger partial charge in [-0.1, -0.05) is 33.6 Å². The van der Waals surface area contributed by atoms with Crippen molar-refractivity contribution in [2.45, 2.75) is 11.8 Å². The Kier molecular flexibility index (Phi) is 4.48. The molecule has 0 aromatic heterocycles. The van der Waals surface area contributed by atoms with Crippen molar-refractivity contribution in [1.82, 2.24) is 0 Å². The second-order valence-corrected chi connectivity index (χ2v) is 5.60. The summed E-state index contributed by atoms with van der Waals surface area (Å²) in [7, 11) is 1.62. The first kappa shape index (κ1) is 14.4. The van der Waals surface area contributed by atoms with E-state index in [1.807, 2.05) is 19.1 Å². The van der Waals surface area contributed by atoms with Gasteiger partial charge in [-0.25, -0.2) is 4.39 Å². The van der Waals surface area contributed by atoms with Crippen LogP contribution in [0.2, 0.25) is 5.02 Å². The lowest BCUT2D eigenvalue weighted by molar-refractivity contribution is 0.410. The third-order valence-electron chi connectivity index (χ3n) is 2.97. The summed E-state index contributed by atoms with van der Waals surface area (Å²) in [5.74, 6) is 0.508. The average molecular weight is 344 g/mol. The first-order chi connectivity index (χ1) is 9.02. The van der Waals surface area contributed by atoms with Crippen LogP contribution in [0.3, 0.4) is 0 Å². The van der Waals surface area contributed by atoms with Gasteiger partial charge in [0.25, 0.3) is 0 Å². The minimum atomic E-state index is -0.237. The van der Waals surface area contributed by atoms with Crippen molar-refractivity contribution in [3.05, 3.63) is 63.9 Å². The van der Waals surface area contributed by atoms with Gasteiger partial charge in [0.05, 0.1) is 11.9 Å². The van der Waals surface area contributed by atoms with Gasteiger partial charge in [0.15, 0.2) is 0 Å². The summed E-state index contributed by atoms with van der Waals surface area (Å²) < 4.78 is 18.5. The predicted molar refractivity (Wildman–Crippen MR) is 79.9 cm³/mol. The van der Waals surface area contributed by atoms with Gasteiger partial charge >= 0.3 is 0 Å². The maximum absolute atomic E-state index is 13.2. The first-order valence-electron chi connectivity index (χ1n) is 5.76. The average Bonchev–Trinajstić information content (AvgIpc) is 2.38. The van der Waals surface area contributed by atoms with Gasteiger partial charge in [-0.2, -0.15) is 0 Å². The number of aryl methyl sites for hydroxylation is 1. The van der Waals surface area contributed by atoms with E-state index in [2.05, 4.69) is 15.9 Å². The van der Waals surface area contributed by atoms with Crippen LogP contribution < -0.4 is 4.74 Å². The van der Waals surface area contributed by atoms with Crippen LogP contribution in [0.5, 0.6) is 5.75 Å². The Labute approximate surface area is 125 Å². The van der Waals surface area contributed by atoms with Gasteiger partial charge in [0, 0.05) is 10.6 Å². The van der Waals surface area contributed by atoms with Crippen molar-refractivity contribution < 1.29 is 9.13 Å². The van der Waals surface area contributed by atoms with Gasteiger partial charge in [-0.15, -0.1) is 0 Å². The molecule has 2 rings (SSSR count). The van der Waals surface area contributed by atoms with Crippen LogP contribution in [-0.2, 0) is 0 Å². The summed E-state index contributed by atoms with van der Waals surface area (Å²) >= 11 is 9.67. The molecule has 0 fully saturated rings. The molecular formula is C15H13BrClFO. The van der Waals surface area contributed by atoms with E-state index >= 15 is 0 Å². The van der Waals surface area contributed by atoms with Crippen LogP contribution in [0.15, 0.2) is 36.4 Å². The summed E-state index contributed by atoms with van der Waals surface area (Å²) in [6.45, 7) is 1.88. The minimum absolute atomic E-state index is 0.0956. The van der Waals surface area contributed by atoms with Gasteiger partial charge in [0.1, 0.15) is 11.6 Å². The van der Waals surface area contributed by atoms with Crippen LogP contribution in [0, 0.1) is 12.7 Å². The lowest BCUT2D eigenvalue weighted by atomic mass is 9.99. The zero-order valence-electron chi connectivity index (χ0n) is 10.6. The fourth-order valence-corrected chi connectivity index (χ4v) is 3.05. The molecule has 19 heavy (non-hydrogen) atoms. The van der Waals surface area contributed by atoms with Crippen LogP contribution in [0.4, 0.5) is 4.39 Å². The number of benzene rings is 2. The van der Waals surface area contributed by atoms with E-state index in [1.165, 1.54) is 12.1 Å². The SMILES string of the molecule is COc1ccc(Cl)cc1C(Br)c1ccc(F)cc1C. The molecule has 0 aliphatic heterocycles. The van der Waals surface area contributed by atoms with E-state index in [4.69, 9.17) is 16.3 Å². The van der Waals surface area contributed by atoms with Gasteiger partial charge < -0.3 is 4.74 Å². The Morgan fingerprint density at radius 1 is 1.16 bits per heavy atom. The highest BCUT2D eigenvalue weighted by molar-refractivity contribution is 9.09. The number of ether oxygens (including phenoxy) is 1. The molecule has 4 heteroatoms. The molecule has 0 aliphatic carbocycles. The topological polar surface area (TPSA) is 9.23 Å². The first-order valence-corrected chi connectivity index (χ1v) is 7.06. The number of alkyl halides is 1. The number of rotatable bonds is 3. The highest BCUT2D eigenvalue weighted by Gasteiger charge is 2.17. The number of hydrogen-bond acceptors (Lipinski definition) is 1. The molecule has 1 unspecified atom stereocenters. The van der Waals surface area contributed by atoms with E-state index < -0.39 is 0 Å². The Balaban J connectivity index is 2.49. The molecule has 0 bridgehead atoms. The fourth-order valence-electron chi connectivity index (χ4n) is 1.99. The largest absolute Gasteiger partial charge is 0.496 e. The van der Waals surface area contributed by atoms with E-state index in [9.17, 15) is 4.39 Å². The van der Waals surface area contributed by atoms with E-state index in [0.29, 0.717) is 5.02 Å². The summed E-state index contributed by atoms with van der Waals surface area (Å²) in [6, 6.07) is 10.2. The molecule has 2 aromatic rings. The van der Waals surface area contributed by atoms with Gasteiger partial charge in [-0.05, 0) is 48.4 Å². The zero-order chi connectivity index (χ0) is 14.0. The molecule has 0 saturated heterocycles. The number of methoxy groups -OCH3 is 1. The summed E-state index contributed by atoms with van der Waals surface area (Å²) in [5.41, 5.74) is 2.79. The van der Waals surface area contributed by atoms with E-state index in [1.54, 1.807) is 19.2 Å². The molecule has 1 nitrogen and oxygen atoms in total. The second-order valence-electron chi connectivity index (χ2n) is 4.25. The lowest BCUT2D eigenvalue weighted by Crippen LogP contribution is -1.99. The third-order valence-corrected chi connectivity index (χ3v) is 4.19. The Morgan fingerprint density at radius 2 is 1.89 bits per heavy atom. The monoisotopic (exact) mass is 342 g/mol. The standard InChI is InChI=1S/C15H13BrClFO/c1-9-7-11(18)4-5-12(9)15(16)13-8-10(17)3-6-14(13)19-2/h3-8,15H,1-2H3. The minimum Gasteiger partial charge on any atom is -0.496 e.